The number of hydrogen-bond acceptors (Lipinski definition) is 0. The van der Waals surface area contributed by atoms with Crippen molar-refractivity contribution in [3.63, 3.8) is 0 Å². The number of halogens is 1. The van der Waals surface area contributed by atoms with Gasteiger partial charge in [-0.3, -0.25) is 0 Å². The fraction of sp³-hybridized carbons (Fsp3) is 1.00. The maximum absolute atomic E-state index is 2.29. The summed E-state index contributed by atoms with van der Waals surface area (Å²) in [5.74, 6) is 1.11. The molecular formula is C8H16Cl-. The lowest BCUT2D eigenvalue weighted by molar-refractivity contribution is -0.00000185. The van der Waals surface area contributed by atoms with Crippen LogP contribution >= 0.6 is 0 Å². The highest BCUT2D eigenvalue weighted by Gasteiger charge is 2.12. The highest BCUT2D eigenvalue weighted by Crippen LogP contribution is 2.27. The van der Waals surface area contributed by atoms with E-state index < -0.39 is 0 Å². The summed E-state index contributed by atoms with van der Waals surface area (Å²) in [5, 5.41) is 0. The van der Waals surface area contributed by atoms with Crippen molar-refractivity contribution in [3.8, 4) is 0 Å². The molecule has 0 N–H and O–H groups in total. The van der Waals surface area contributed by atoms with Gasteiger partial charge in [0.25, 0.3) is 0 Å². The maximum atomic E-state index is 2.29. The van der Waals surface area contributed by atoms with Crippen LogP contribution in [0.5, 0.6) is 0 Å². The highest BCUT2D eigenvalue weighted by atomic mass is 35.5. The minimum Gasteiger partial charge on any atom is -1.00 e. The molecule has 0 unspecified atom stereocenters. The van der Waals surface area contributed by atoms with Crippen molar-refractivity contribution in [2.24, 2.45) is 5.92 Å². The molecule has 0 radical (unpaired) electrons. The van der Waals surface area contributed by atoms with Crippen LogP contribution in [0.2, 0.25) is 0 Å². The van der Waals surface area contributed by atoms with E-state index in [1.807, 2.05) is 0 Å². The van der Waals surface area contributed by atoms with Crippen molar-refractivity contribution < 1.29 is 12.4 Å². The Morgan fingerprint density at radius 3 is 2.22 bits per heavy atom. The Hall–Kier alpha value is 0.290. The molecule has 1 aliphatic carbocycles. The Kier molecular flexibility index (Phi) is 5.27. The molecule has 0 amide bonds. The zero-order chi connectivity index (χ0) is 5.82. The zero-order valence-corrected chi connectivity index (χ0v) is 6.95. The van der Waals surface area contributed by atoms with Crippen LogP contribution < -0.4 is 12.4 Å². The summed E-state index contributed by atoms with van der Waals surface area (Å²) in [7, 11) is 0. The second-order valence-electron chi connectivity index (χ2n) is 2.94. The molecule has 0 spiro atoms. The van der Waals surface area contributed by atoms with E-state index in [1.165, 1.54) is 38.5 Å². The third-order valence-electron chi connectivity index (χ3n) is 2.17. The first-order chi connectivity index (χ1) is 3.93. The first-order valence-electron chi connectivity index (χ1n) is 3.93. The van der Waals surface area contributed by atoms with Gasteiger partial charge in [0.05, 0.1) is 0 Å². The van der Waals surface area contributed by atoms with Crippen molar-refractivity contribution in [1.82, 2.24) is 0 Å². The van der Waals surface area contributed by atoms with Crippen molar-refractivity contribution in [2.75, 3.05) is 0 Å². The SMILES string of the molecule is CCCC1CCCC1.[Cl-]. The lowest BCUT2D eigenvalue weighted by Crippen LogP contribution is -3.00. The Labute approximate surface area is 64.4 Å². The predicted octanol–water partition coefficient (Wildman–Crippen LogP) is -0.0193. The number of rotatable bonds is 2. The summed E-state index contributed by atoms with van der Waals surface area (Å²) in [6, 6.07) is 0. The summed E-state index contributed by atoms with van der Waals surface area (Å²) in [6.07, 6.45) is 8.93. The van der Waals surface area contributed by atoms with Gasteiger partial charge < -0.3 is 12.4 Å². The molecule has 0 nitrogen and oxygen atoms in total. The van der Waals surface area contributed by atoms with E-state index in [0.29, 0.717) is 0 Å². The van der Waals surface area contributed by atoms with Gasteiger partial charge in [0.1, 0.15) is 0 Å². The molecule has 0 aromatic carbocycles. The molecule has 1 rings (SSSR count). The largest absolute Gasteiger partial charge is 1.00 e. The third-order valence-corrected chi connectivity index (χ3v) is 2.17. The van der Waals surface area contributed by atoms with Gasteiger partial charge in [-0.25, -0.2) is 0 Å². The Bertz CT molecular complexity index is 55.6. The van der Waals surface area contributed by atoms with Crippen molar-refractivity contribution >= 4 is 0 Å². The predicted molar refractivity (Wildman–Crippen MR) is 36.9 cm³/mol. The molecule has 1 saturated carbocycles. The van der Waals surface area contributed by atoms with Crippen LogP contribution in [-0.4, -0.2) is 0 Å². The molecule has 1 aliphatic rings. The van der Waals surface area contributed by atoms with E-state index in [0.717, 1.165) is 5.92 Å². The first-order valence-corrected chi connectivity index (χ1v) is 3.93. The van der Waals surface area contributed by atoms with Gasteiger partial charge in [0.2, 0.25) is 0 Å². The van der Waals surface area contributed by atoms with Crippen LogP contribution in [0, 0.1) is 5.92 Å². The van der Waals surface area contributed by atoms with Gasteiger partial charge in [0.15, 0.2) is 0 Å². The van der Waals surface area contributed by atoms with Gasteiger partial charge in [-0.2, -0.15) is 0 Å². The maximum Gasteiger partial charge on any atom is -0.0414 e. The van der Waals surface area contributed by atoms with E-state index in [1.54, 1.807) is 0 Å². The molecule has 9 heavy (non-hydrogen) atoms. The minimum atomic E-state index is 0. The van der Waals surface area contributed by atoms with E-state index >= 15 is 0 Å². The van der Waals surface area contributed by atoms with Gasteiger partial charge in [-0.15, -0.1) is 0 Å². The van der Waals surface area contributed by atoms with Crippen LogP contribution in [0.25, 0.3) is 0 Å². The molecular weight excluding hydrogens is 132 g/mol. The fourth-order valence-corrected chi connectivity index (χ4v) is 1.71. The molecule has 0 bridgehead atoms. The van der Waals surface area contributed by atoms with Crippen molar-refractivity contribution in [2.45, 2.75) is 45.4 Å². The zero-order valence-electron chi connectivity index (χ0n) is 6.20. The van der Waals surface area contributed by atoms with Crippen LogP contribution in [0.15, 0.2) is 0 Å². The quantitative estimate of drug-likeness (QED) is 0.515. The summed E-state index contributed by atoms with van der Waals surface area (Å²) in [4.78, 5) is 0. The summed E-state index contributed by atoms with van der Waals surface area (Å²) >= 11 is 0. The summed E-state index contributed by atoms with van der Waals surface area (Å²) in [5.41, 5.74) is 0. The molecule has 0 atom stereocenters. The highest BCUT2D eigenvalue weighted by molar-refractivity contribution is 4.65. The van der Waals surface area contributed by atoms with Gasteiger partial charge >= 0.3 is 0 Å². The molecule has 0 aromatic rings. The first kappa shape index (κ1) is 9.29. The Morgan fingerprint density at radius 1 is 1.22 bits per heavy atom. The van der Waals surface area contributed by atoms with E-state index in [9.17, 15) is 0 Å². The molecule has 0 heterocycles. The lowest BCUT2D eigenvalue weighted by atomic mass is 10.0. The van der Waals surface area contributed by atoms with Gasteiger partial charge in [-0.1, -0.05) is 45.4 Å². The molecule has 1 fully saturated rings. The van der Waals surface area contributed by atoms with E-state index in [-0.39, 0.29) is 12.4 Å². The Balaban J connectivity index is 0.000000640. The summed E-state index contributed by atoms with van der Waals surface area (Å²) in [6.45, 7) is 2.29. The Morgan fingerprint density at radius 2 is 1.78 bits per heavy atom. The van der Waals surface area contributed by atoms with Crippen LogP contribution in [-0.2, 0) is 0 Å². The standard InChI is InChI=1S/C8H16.ClH/c1-2-5-8-6-3-4-7-8;/h8H,2-7H2,1H3;1H/p-1. The summed E-state index contributed by atoms with van der Waals surface area (Å²) < 4.78 is 0. The number of hydrogen-bond donors (Lipinski definition) is 0. The normalized spacial score (nSPS) is 19.7. The van der Waals surface area contributed by atoms with Crippen LogP contribution in [0.1, 0.15) is 45.4 Å². The topological polar surface area (TPSA) is 0 Å². The molecule has 1 heteroatoms. The fourth-order valence-electron chi connectivity index (χ4n) is 1.71. The van der Waals surface area contributed by atoms with Crippen molar-refractivity contribution in [3.05, 3.63) is 0 Å². The van der Waals surface area contributed by atoms with Crippen LogP contribution in [0.3, 0.4) is 0 Å². The molecule has 0 aromatic heterocycles. The average Bonchev–Trinajstić information content (AvgIpc) is 2.19. The smallest absolute Gasteiger partial charge is 0.0414 e. The molecule has 56 valence electrons. The molecule has 0 saturated heterocycles. The van der Waals surface area contributed by atoms with Gasteiger partial charge in [0, 0.05) is 0 Å². The third kappa shape index (κ3) is 3.10. The minimum absolute atomic E-state index is 0. The second-order valence-corrected chi connectivity index (χ2v) is 2.94. The van der Waals surface area contributed by atoms with E-state index in [2.05, 4.69) is 6.92 Å². The monoisotopic (exact) mass is 147 g/mol. The molecule has 0 aliphatic heterocycles. The second kappa shape index (κ2) is 5.10. The van der Waals surface area contributed by atoms with E-state index in [4.69, 9.17) is 0 Å². The van der Waals surface area contributed by atoms with Gasteiger partial charge in [-0.05, 0) is 5.92 Å². The van der Waals surface area contributed by atoms with Crippen LogP contribution in [0.4, 0.5) is 0 Å². The lowest BCUT2D eigenvalue weighted by Gasteiger charge is -2.03. The average molecular weight is 148 g/mol. The van der Waals surface area contributed by atoms with Crippen molar-refractivity contribution in [1.29, 1.82) is 0 Å².